The number of carbonyl (C=O) groups excluding carboxylic acids is 1. The van der Waals surface area contributed by atoms with E-state index >= 15 is 0 Å². The maximum atomic E-state index is 12.9. The van der Waals surface area contributed by atoms with Crippen molar-refractivity contribution in [2.24, 2.45) is 0 Å². The van der Waals surface area contributed by atoms with Gasteiger partial charge in [0.05, 0.1) is 22.6 Å². The lowest BCUT2D eigenvalue weighted by molar-refractivity contribution is 0.102. The highest BCUT2D eigenvalue weighted by atomic mass is 32.2. The maximum Gasteiger partial charge on any atom is 0.322 e. The normalized spacial score (nSPS) is 11.3. The molecule has 0 atom stereocenters. The molecule has 1 amide bonds. The minimum Gasteiger partial charge on any atom is -0.407 e. The van der Waals surface area contributed by atoms with Crippen molar-refractivity contribution >= 4 is 21.8 Å². The smallest absolute Gasteiger partial charge is 0.322 e. The van der Waals surface area contributed by atoms with Crippen LogP contribution in [0.3, 0.4) is 0 Å². The Morgan fingerprint density at radius 1 is 1.11 bits per heavy atom. The Hall–Kier alpha value is -3.07. The molecule has 2 aromatic carbocycles. The third-order valence-electron chi connectivity index (χ3n) is 3.80. The van der Waals surface area contributed by atoms with Gasteiger partial charge in [-0.3, -0.25) is 10.1 Å². The summed E-state index contributed by atoms with van der Waals surface area (Å²) in [6.07, 6.45) is 0.268. The van der Waals surface area contributed by atoms with Crippen molar-refractivity contribution in [3.05, 3.63) is 71.4 Å². The Kier molecular flexibility index (Phi) is 5.31. The lowest BCUT2D eigenvalue weighted by atomic mass is 10.1. The van der Waals surface area contributed by atoms with Crippen LogP contribution in [-0.2, 0) is 16.3 Å². The molecule has 0 saturated carbocycles. The van der Waals surface area contributed by atoms with E-state index in [1.807, 2.05) is 0 Å². The molecule has 0 radical (unpaired) electrons. The lowest BCUT2D eigenvalue weighted by Crippen LogP contribution is -2.17. The second-order valence-electron chi connectivity index (χ2n) is 5.66. The van der Waals surface area contributed by atoms with E-state index < -0.39 is 15.7 Å². The van der Waals surface area contributed by atoms with E-state index in [0.717, 1.165) is 5.56 Å². The minimum atomic E-state index is -3.56. The maximum absolute atomic E-state index is 12.9. The Morgan fingerprint density at radius 2 is 1.81 bits per heavy atom. The second-order valence-corrected chi connectivity index (χ2v) is 7.90. The van der Waals surface area contributed by atoms with Crippen LogP contribution in [0.5, 0.6) is 0 Å². The molecule has 0 aliphatic heterocycles. The van der Waals surface area contributed by atoms with Crippen LogP contribution in [0.15, 0.2) is 57.8 Å². The molecule has 27 heavy (non-hydrogen) atoms. The molecular weight excluding hydrogens is 373 g/mol. The zero-order valence-electron chi connectivity index (χ0n) is 14.3. The predicted molar refractivity (Wildman–Crippen MR) is 95.6 cm³/mol. The number of sulfone groups is 1. The van der Waals surface area contributed by atoms with E-state index in [1.54, 1.807) is 24.3 Å². The largest absolute Gasteiger partial charge is 0.407 e. The first kappa shape index (κ1) is 18.7. The van der Waals surface area contributed by atoms with Crippen LogP contribution in [0.4, 0.5) is 10.4 Å². The quantitative estimate of drug-likeness (QED) is 0.695. The summed E-state index contributed by atoms with van der Waals surface area (Å²) in [5, 5.41) is 9.97. The number of halogens is 1. The van der Waals surface area contributed by atoms with E-state index in [0.29, 0.717) is 0 Å². The Balaban J connectivity index is 1.76. The summed E-state index contributed by atoms with van der Waals surface area (Å²) in [6.45, 7) is 1.50. The van der Waals surface area contributed by atoms with Gasteiger partial charge >= 0.3 is 6.01 Å². The van der Waals surface area contributed by atoms with Crippen LogP contribution in [0.25, 0.3) is 0 Å². The fraction of sp³-hybridized carbons (Fsp3) is 0.167. The summed E-state index contributed by atoms with van der Waals surface area (Å²) in [6, 6.07) is 11.6. The Morgan fingerprint density at radius 3 is 2.52 bits per heavy atom. The number of nitrogens with zero attached hydrogens (tertiary/aromatic N) is 2. The highest BCUT2D eigenvalue weighted by Gasteiger charge is 2.21. The summed E-state index contributed by atoms with van der Waals surface area (Å²) in [5.41, 5.74) is 0.759. The zero-order valence-corrected chi connectivity index (χ0v) is 15.2. The number of amides is 1. The Bertz CT molecular complexity index is 1060. The van der Waals surface area contributed by atoms with Crippen LogP contribution in [0.1, 0.15) is 28.7 Å². The highest BCUT2D eigenvalue weighted by molar-refractivity contribution is 7.91. The molecule has 1 aromatic heterocycles. The van der Waals surface area contributed by atoms with Crippen molar-refractivity contribution in [1.29, 1.82) is 0 Å². The van der Waals surface area contributed by atoms with Crippen molar-refractivity contribution in [2.75, 3.05) is 11.1 Å². The SMILES string of the molecule is CCS(=O)(=O)c1ccccc1C(=O)Nc1nnc(Cc2ccc(F)cc2)o1. The van der Waals surface area contributed by atoms with Crippen LogP contribution < -0.4 is 5.32 Å². The summed E-state index contributed by atoms with van der Waals surface area (Å²) >= 11 is 0. The number of nitrogens with one attached hydrogen (secondary N) is 1. The fourth-order valence-corrected chi connectivity index (χ4v) is 3.49. The van der Waals surface area contributed by atoms with Crippen LogP contribution in [0, 0.1) is 5.82 Å². The number of rotatable bonds is 6. The molecule has 0 aliphatic carbocycles. The molecule has 0 fully saturated rings. The van der Waals surface area contributed by atoms with Crippen LogP contribution in [-0.4, -0.2) is 30.3 Å². The average molecular weight is 389 g/mol. The van der Waals surface area contributed by atoms with Crippen molar-refractivity contribution in [1.82, 2.24) is 10.2 Å². The fourth-order valence-electron chi connectivity index (χ4n) is 2.40. The van der Waals surface area contributed by atoms with Gasteiger partial charge in [0.2, 0.25) is 5.89 Å². The van der Waals surface area contributed by atoms with Crippen molar-refractivity contribution in [2.45, 2.75) is 18.2 Å². The van der Waals surface area contributed by atoms with E-state index in [1.165, 1.54) is 31.2 Å². The number of carbonyl (C=O) groups is 1. The summed E-state index contributed by atoms with van der Waals surface area (Å²) in [4.78, 5) is 12.4. The van der Waals surface area contributed by atoms with Crippen molar-refractivity contribution < 1.29 is 22.0 Å². The second kappa shape index (κ2) is 7.67. The average Bonchev–Trinajstić information content (AvgIpc) is 3.10. The number of aromatic nitrogens is 2. The van der Waals surface area contributed by atoms with E-state index in [4.69, 9.17) is 4.42 Å². The number of benzene rings is 2. The van der Waals surface area contributed by atoms with Crippen molar-refractivity contribution in [3.8, 4) is 0 Å². The third kappa shape index (κ3) is 4.37. The van der Waals surface area contributed by atoms with E-state index in [9.17, 15) is 17.6 Å². The summed E-state index contributed by atoms with van der Waals surface area (Å²) in [7, 11) is -3.56. The molecule has 1 heterocycles. The molecule has 0 unspecified atom stereocenters. The topological polar surface area (TPSA) is 102 Å². The molecule has 3 rings (SSSR count). The zero-order chi connectivity index (χ0) is 19.4. The van der Waals surface area contributed by atoms with Gasteiger partial charge in [0, 0.05) is 0 Å². The predicted octanol–water partition coefficient (Wildman–Crippen LogP) is 2.85. The van der Waals surface area contributed by atoms with Crippen molar-refractivity contribution in [3.63, 3.8) is 0 Å². The van der Waals surface area contributed by atoms with Gasteiger partial charge in [-0.2, -0.15) is 0 Å². The molecular formula is C18H16FN3O4S. The van der Waals surface area contributed by atoms with E-state index in [2.05, 4.69) is 15.5 Å². The molecule has 0 bridgehead atoms. The number of anilines is 1. The number of hydrogen-bond acceptors (Lipinski definition) is 6. The van der Waals surface area contributed by atoms with Gasteiger partial charge in [0.25, 0.3) is 5.91 Å². The molecule has 3 aromatic rings. The van der Waals surface area contributed by atoms with Gasteiger partial charge in [-0.1, -0.05) is 36.3 Å². The van der Waals surface area contributed by atoms with E-state index in [-0.39, 0.29) is 40.4 Å². The van der Waals surface area contributed by atoms with Crippen LogP contribution in [0.2, 0.25) is 0 Å². The van der Waals surface area contributed by atoms with Crippen LogP contribution >= 0.6 is 0 Å². The first-order chi connectivity index (χ1) is 12.9. The third-order valence-corrected chi connectivity index (χ3v) is 5.59. The van der Waals surface area contributed by atoms with Gasteiger partial charge in [-0.05, 0) is 29.8 Å². The lowest BCUT2D eigenvalue weighted by Gasteiger charge is -2.07. The first-order valence-corrected chi connectivity index (χ1v) is 9.74. The standard InChI is InChI=1S/C18H16FN3O4S/c1-2-27(24,25)15-6-4-3-5-14(15)17(23)20-18-22-21-16(26-18)11-12-7-9-13(19)10-8-12/h3-10H,2,11H2,1H3,(H,20,22,23). The number of hydrogen-bond donors (Lipinski definition) is 1. The summed E-state index contributed by atoms with van der Waals surface area (Å²) in [5.74, 6) is -0.913. The molecule has 7 nitrogen and oxygen atoms in total. The molecule has 0 spiro atoms. The Labute approximate surface area is 155 Å². The molecule has 0 saturated heterocycles. The first-order valence-electron chi connectivity index (χ1n) is 8.09. The van der Waals surface area contributed by atoms with Gasteiger partial charge in [-0.25, -0.2) is 12.8 Å². The van der Waals surface area contributed by atoms with Gasteiger partial charge < -0.3 is 4.42 Å². The molecule has 140 valence electrons. The molecule has 1 N–H and O–H groups in total. The van der Waals surface area contributed by atoms with Gasteiger partial charge in [0.15, 0.2) is 9.84 Å². The monoisotopic (exact) mass is 389 g/mol. The molecule has 9 heteroatoms. The highest BCUT2D eigenvalue weighted by Crippen LogP contribution is 2.19. The summed E-state index contributed by atoms with van der Waals surface area (Å²) < 4.78 is 42.6. The van der Waals surface area contributed by atoms with Gasteiger partial charge in [0.1, 0.15) is 5.82 Å². The minimum absolute atomic E-state index is 0.00219. The van der Waals surface area contributed by atoms with Gasteiger partial charge in [-0.15, -0.1) is 5.10 Å². The molecule has 0 aliphatic rings.